The average molecular weight is 727 g/mol. The second-order valence-corrected chi connectivity index (χ2v) is 14.9. The van der Waals surface area contributed by atoms with Crippen molar-refractivity contribution in [2.45, 2.75) is 0 Å². The molecule has 0 unspecified atom stereocenters. The number of hydrogen-bond donors (Lipinski definition) is 0. The van der Waals surface area contributed by atoms with Crippen molar-refractivity contribution >= 4 is 65.6 Å². The number of furan rings is 1. The fourth-order valence-corrected chi connectivity index (χ4v) is 9.12. The third-order valence-corrected chi connectivity index (χ3v) is 11.7. The van der Waals surface area contributed by atoms with E-state index in [1.807, 2.05) is 0 Å². The van der Waals surface area contributed by atoms with Gasteiger partial charge in [-0.05, 0) is 88.5 Å². The van der Waals surface area contributed by atoms with Gasteiger partial charge in [0.1, 0.15) is 5.58 Å². The van der Waals surface area contributed by atoms with Gasteiger partial charge in [-0.25, -0.2) is 0 Å². The van der Waals surface area contributed by atoms with Crippen molar-refractivity contribution in [3.05, 3.63) is 206 Å². The predicted octanol–water partition coefficient (Wildman–Crippen LogP) is 14.8. The Hall–Kier alpha value is -7.62. The molecule has 0 radical (unpaired) electrons. The van der Waals surface area contributed by atoms with Crippen LogP contribution in [0.25, 0.3) is 110 Å². The Labute approximate surface area is 328 Å². The second kappa shape index (κ2) is 12.5. The molecule has 0 aliphatic heterocycles. The molecule has 3 heterocycles. The van der Waals surface area contributed by atoms with Gasteiger partial charge in [0.15, 0.2) is 5.58 Å². The van der Waals surface area contributed by atoms with Crippen LogP contribution < -0.4 is 0 Å². The first-order valence-electron chi connectivity index (χ1n) is 19.5. The molecule has 0 saturated carbocycles. The Morgan fingerprint density at radius 3 is 1.46 bits per heavy atom. The van der Waals surface area contributed by atoms with Crippen molar-refractivity contribution in [3.8, 4) is 44.8 Å². The fourth-order valence-electron chi connectivity index (χ4n) is 9.12. The predicted molar refractivity (Wildman–Crippen MR) is 239 cm³/mol. The number of rotatable bonds is 5. The van der Waals surface area contributed by atoms with Gasteiger partial charge < -0.3 is 13.6 Å². The molecule has 0 spiro atoms. The molecule has 12 aromatic rings. The maximum absolute atomic E-state index is 6.78. The summed E-state index contributed by atoms with van der Waals surface area (Å²) in [6.07, 6.45) is 0. The lowest BCUT2D eigenvalue weighted by atomic mass is 10.0. The molecular formula is C54H34N2O. The highest BCUT2D eigenvalue weighted by Gasteiger charge is 2.20. The van der Waals surface area contributed by atoms with Crippen LogP contribution in [-0.4, -0.2) is 9.13 Å². The molecule has 12 rings (SSSR count). The molecule has 0 N–H and O–H groups in total. The SMILES string of the molecule is c1ccc(-c2ccc3c(c2)oc2c(-n4c5ccccc5c5cc(-c6ccc7c(c6)c6ccccc6n7-c6ccccc6-c6ccccc6)ccc54)cccc23)cc1. The molecule has 9 aromatic carbocycles. The van der Waals surface area contributed by atoms with Crippen LogP contribution in [0.2, 0.25) is 0 Å². The molecule has 3 aromatic heterocycles. The largest absolute Gasteiger partial charge is 0.454 e. The van der Waals surface area contributed by atoms with E-state index in [-0.39, 0.29) is 0 Å². The Morgan fingerprint density at radius 1 is 0.281 bits per heavy atom. The lowest BCUT2D eigenvalue weighted by molar-refractivity contribution is 0.666. The first kappa shape index (κ1) is 31.7. The number of benzene rings is 9. The van der Waals surface area contributed by atoms with E-state index in [1.165, 1.54) is 66.1 Å². The van der Waals surface area contributed by atoms with E-state index in [0.29, 0.717) is 0 Å². The van der Waals surface area contributed by atoms with Crippen LogP contribution in [-0.2, 0) is 0 Å². The standard InChI is InChI=1S/C54H34N2O/c1-3-14-35(15-4-1)39-26-29-43-44-21-13-25-52(54(44)57-53(43)34-39)56-49-24-12-9-20-42(49)46-33-38(28-31-51(46)56)37-27-30-50-45(32-37)41-19-8-11-23-48(41)55(50)47-22-10-7-18-40(47)36-16-5-2-6-17-36/h1-34H. The molecule has 0 amide bonds. The lowest BCUT2D eigenvalue weighted by Gasteiger charge is -2.14. The zero-order valence-electron chi connectivity index (χ0n) is 30.9. The van der Waals surface area contributed by atoms with E-state index >= 15 is 0 Å². The first-order valence-corrected chi connectivity index (χ1v) is 19.5. The molecular weight excluding hydrogens is 693 g/mol. The molecule has 0 atom stereocenters. The highest BCUT2D eigenvalue weighted by molar-refractivity contribution is 6.15. The summed E-state index contributed by atoms with van der Waals surface area (Å²) in [6, 6.07) is 74.3. The van der Waals surface area contributed by atoms with Gasteiger partial charge in [-0.1, -0.05) is 146 Å². The quantitative estimate of drug-likeness (QED) is 0.173. The third kappa shape index (κ3) is 4.86. The number of para-hydroxylation sites is 4. The summed E-state index contributed by atoms with van der Waals surface area (Å²) in [6.45, 7) is 0. The Bertz CT molecular complexity index is 3510. The molecule has 0 saturated heterocycles. The van der Waals surface area contributed by atoms with E-state index in [1.54, 1.807) is 0 Å². The van der Waals surface area contributed by atoms with Gasteiger partial charge in [-0.2, -0.15) is 0 Å². The minimum absolute atomic E-state index is 0.889. The summed E-state index contributed by atoms with van der Waals surface area (Å²) in [5.41, 5.74) is 15.8. The molecule has 3 heteroatoms. The summed E-state index contributed by atoms with van der Waals surface area (Å²) in [4.78, 5) is 0. The minimum atomic E-state index is 0.889. The zero-order valence-corrected chi connectivity index (χ0v) is 30.9. The van der Waals surface area contributed by atoms with E-state index < -0.39 is 0 Å². The van der Waals surface area contributed by atoms with Gasteiger partial charge in [0.05, 0.1) is 33.4 Å². The van der Waals surface area contributed by atoms with Gasteiger partial charge in [0.25, 0.3) is 0 Å². The summed E-state index contributed by atoms with van der Waals surface area (Å²) < 4.78 is 11.6. The molecule has 0 aliphatic rings. The number of hydrogen-bond acceptors (Lipinski definition) is 1. The second-order valence-electron chi connectivity index (χ2n) is 14.9. The van der Waals surface area contributed by atoms with Crippen molar-refractivity contribution in [2.24, 2.45) is 0 Å². The van der Waals surface area contributed by atoms with Crippen molar-refractivity contribution in [2.75, 3.05) is 0 Å². The number of aromatic nitrogens is 2. The van der Waals surface area contributed by atoms with Crippen LogP contribution in [0.4, 0.5) is 0 Å². The van der Waals surface area contributed by atoms with Crippen LogP contribution >= 0.6 is 0 Å². The van der Waals surface area contributed by atoms with Crippen molar-refractivity contribution in [1.29, 1.82) is 0 Å². The zero-order chi connectivity index (χ0) is 37.5. The van der Waals surface area contributed by atoms with Crippen molar-refractivity contribution < 1.29 is 4.42 Å². The number of fused-ring (bicyclic) bond motifs is 9. The Kier molecular flexibility index (Phi) is 6.93. The monoisotopic (exact) mass is 726 g/mol. The van der Waals surface area contributed by atoms with Crippen LogP contribution in [0.15, 0.2) is 211 Å². The summed E-state index contributed by atoms with van der Waals surface area (Å²) >= 11 is 0. The van der Waals surface area contributed by atoms with Crippen LogP contribution in [0.5, 0.6) is 0 Å². The Morgan fingerprint density at radius 2 is 0.772 bits per heavy atom. The normalized spacial score (nSPS) is 11.9. The third-order valence-electron chi connectivity index (χ3n) is 11.7. The van der Waals surface area contributed by atoms with Crippen molar-refractivity contribution in [1.82, 2.24) is 9.13 Å². The summed E-state index contributed by atoms with van der Waals surface area (Å²) in [7, 11) is 0. The topological polar surface area (TPSA) is 23.0 Å². The van der Waals surface area contributed by atoms with Gasteiger partial charge in [-0.3, -0.25) is 0 Å². The average Bonchev–Trinajstić information content (AvgIpc) is 3.94. The lowest BCUT2D eigenvalue weighted by Crippen LogP contribution is -1.97. The smallest absolute Gasteiger partial charge is 0.159 e. The fraction of sp³-hybridized carbons (Fsp3) is 0. The van der Waals surface area contributed by atoms with Gasteiger partial charge in [0, 0.05) is 37.9 Å². The van der Waals surface area contributed by atoms with Gasteiger partial charge in [-0.15, -0.1) is 0 Å². The maximum atomic E-state index is 6.78. The van der Waals surface area contributed by atoms with Gasteiger partial charge >= 0.3 is 0 Å². The summed E-state index contributed by atoms with van der Waals surface area (Å²) in [5.74, 6) is 0. The molecule has 266 valence electrons. The molecule has 0 fully saturated rings. The van der Waals surface area contributed by atoms with Crippen LogP contribution in [0, 0.1) is 0 Å². The van der Waals surface area contributed by atoms with Crippen LogP contribution in [0.3, 0.4) is 0 Å². The molecule has 57 heavy (non-hydrogen) atoms. The minimum Gasteiger partial charge on any atom is -0.454 e. The highest BCUT2D eigenvalue weighted by Crippen LogP contribution is 2.42. The highest BCUT2D eigenvalue weighted by atomic mass is 16.3. The molecule has 0 bridgehead atoms. The van der Waals surface area contributed by atoms with E-state index in [9.17, 15) is 0 Å². The molecule has 3 nitrogen and oxygen atoms in total. The maximum Gasteiger partial charge on any atom is 0.159 e. The number of nitrogens with zero attached hydrogens (tertiary/aromatic N) is 2. The summed E-state index contributed by atoms with van der Waals surface area (Å²) in [5, 5.41) is 7.13. The first-order chi connectivity index (χ1) is 28.3. The van der Waals surface area contributed by atoms with E-state index in [0.717, 1.165) is 44.2 Å². The van der Waals surface area contributed by atoms with Crippen LogP contribution in [0.1, 0.15) is 0 Å². The van der Waals surface area contributed by atoms with Gasteiger partial charge in [0.2, 0.25) is 0 Å². The van der Waals surface area contributed by atoms with Crippen molar-refractivity contribution in [3.63, 3.8) is 0 Å². The van der Waals surface area contributed by atoms with E-state index in [2.05, 4.69) is 215 Å². The Balaban J connectivity index is 1.02. The van der Waals surface area contributed by atoms with E-state index in [4.69, 9.17) is 4.42 Å². The molecule has 0 aliphatic carbocycles.